The third-order valence-corrected chi connectivity index (χ3v) is 2.84. The number of nitriles is 2. The first-order valence-corrected chi connectivity index (χ1v) is 5.46. The summed E-state index contributed by atoms with van der Waals surface area (Å²) in [6.07, 6.45) is 0.771. The second kappa shape index (κ2) is 5.37. The summed E-state index contributed by atoms with van der Waals surface area (Å²) in [4.78, 5) is 0. The maximum Gasteiger partial charge on any atom is 0.119 e. The number of rotatable bonds is 4. The molecule has 1 rings (SSSR count). The van der Waals surface area contributed by atoms with Crippen LogP contribution in [0.3, 0.4) is 0 Å². The van der Waals surface area contributed by atoms with Gasteiger partial charge in [0.05, 0.1) is 25.7 Å². The zero-order valence-electron chi connectivity index (χ0n) is 10.4. The SMILES string of the molecule is COc1ccc(CC#N)c(C(C)(C)CC#N)c1. The quantitative estimate of drug-likeness (QED) is 0.796. The van der Waals surface area contributed by atoms with Crippen molar-refractivity contribution in [2.75, 3.05) is 7.11 Å². The van der Waals surface area contributed by atoms with Crippen LogP contribution in [0, 0.1) is 22.7 Å². The monoisotopic (exact) mass is 228 g/mol. The molecule has 1 aromatic rings. The van der Waals surface area contributed by atoms with Gasteiger partial charge in [-0.1, -0.05) is 19.9 Å². The topological polar surface area (TPSA) is 56.8 Å². The molecule has 0 aliphatic heterocycles. The van der Waals surface area contributed by atoms with E-state index < -0.39 is 0 Å². The highest BCUT2D eigenvalue weighted by molar-refractivity contribution is 5.41. The number of benzene rings is 1. The average molecular weight is 228 g/mol. The van der Waals surface area contributed by atoms with Crippen LogP contribution in [0.4, 0.5) is 0 Å². The predicted molar refractivity (Wildman–Crippen MR) is 65.6 cm³/mol. The Morgan fingerprint density at radius 2 is 1.94 bits per heavy atom. The van der Waals surface area contributed by atoms with Gasteiger partial charge in [0, 0.05) is 11.8 Å². The number of ether oxygens (including phenoxy) is 1. The summed E-state index contributed by atoms with van der Waals surface area (Å²) in [6.45, 7) is 4.01. The fourth-order valence-electron chi connectivity index (χ4n) is 1.84. The van der Waals surface area contributed by atoms with E-state index in [-0.39, 0.29) is 5.41 Å². The van der Waals surface area contributed by atoms with Crippen LogP contribution in [0.15, 0.2) is 18.2 Å². The van der Waals surface area contributed by atoms with Gasteiger partial charge in [-0.2, -0.15) is 10.5 Å². The zero-order chi connectivity index (χ0) is 12.9. The van der Waals surface area contributed by atoms with Gasteiger partial charge in [-0.15, -0.1) is 0 Å². The van der Waals surface area contributed by atoms with Gasteiger partial charge in [-0.25, -0.2) is 0 Å². The van der Waals surface area contributed by atoms with E-state index in [1.807, 2.05) is 32.0 Å². The lowest BCUT2D eigenvalue weighted by Crippen LogP contribution is -2.18. The number of nitrogens with zero attached hydrogens (tertiary/aromatic N) is 2. The van der Waals surface area contributed by atoms with E-state index in [2.05, 4.69) is 12.1 Å². The van der Waals surface area contributed by atoms with Crippen molar-refractivity contribution < 1.29 is 4.74 Å². The lowest BCUT2D eigenvalue weighted by molar-refractivity contribution is 0.411. The van der Waals surface area contributed by atoms with Crippen LogP contribution < -0.4 is 4.74 Å². The first-order valence-electron chi connectivity index (χ1n) is 5.46. The minimum Gasteiger partial charge on any atom is -0.497 e. The molecule has 0 spiro atoms. The summed E-state index contributed by atoms with van der Waals surface area (Å²) in [6, 6.07) is 10.0. The number of hydrogen-bond donors (Lipinski definition) is 0. The highest BCUT2D eigenvalue weighted by Crippen LogP contribution is 2.32. The highest BCUT2D eigenvalue weighted by Gasteiger charge is 2.23. The van der Waals surface area contributed by atoms with Crippen LogP contribution in [0.1, 0.15) is 31.4 Å². The van der Waals surface area contributed by atoms with Gasteiger partial charge in [-0.3, -0.25) is 0 Å². The molecule has 0 saturated heterocycles. The van der Waals surface area contributed by atoms with E-state index in [0.717, 1.165) is 16.9 Å². The van der Waals surface area contributed by atoms with Crippen LogP contribution in [-0.2, 0) is 11.8 Å². The molecule has 3 nitrogen and oxygen atoms in total. The van der Waals surface area contributed by atoms with Crippen LogP contribution in [0.5, 0.6) is 5.75 Å². The van der Waals surface area contributed by atoms with Gasteiger partial charge < -0.3 is 4.74 Å². The fraction of sp³-hybridized carbons (Fsp3) is 0.429. The van der Waals surface area contributed by atoms with E-state index in [1.165, 1.54) is 0 Å². The van der Waals surface area contributed by atoms with E-state index in [4.69, 9.17) is 15.3 Å². The van der Waals surface area contributed by atoms with Gasteiger partial charge in [0.1, 0.15) is 5.75 Å². The van der Waals surface area contributed by atoms with E-state index in [1.54, 1.807) is 7.11 Å². The summed E-state index contributed by atoms with van der Waals surface area (Å²) in [7, 11) is 1.61. The van der Waals surface area contributed by atoms with Crippen molar-refractivity contribution in [2.24, 2.45) is 0 Å². The molecule has 1 aromatic carbocycles. The van der Waals surface area contributed by atoms with Crippen LogP contribution in [-0.4, -0.2) is 7.11 Å². The molecule has 0 aliphatic carbocycles. The minimum absolute atomic E-state index is 0.268. The molecular weight excluding hydrogens is 212 g/mol. The lowest BCUT2D eigenvalue weighted by atomic mass is 9.79. The third-order valence-electron chi connectivity index (χ3n) is 2.84. The van der Waals surface area contributed by atoms with Crippen LogP contribution in [0.25, 0.3) is 0 Å². The Hall–Kier alpha value is -2.00. The van der Waals surface area contributed by atoms with E-state index in [9.17, 15) is 0 Å². The molecule has 0 radical (unpaired) electrons. The molecular formula is C14H16N2O. The molecule has 0 saturated carbocycles. The Morgan fingerprint density at radius 3 is 2.47 bits per heavy atom. The van der Waals surface area contributed by atoms with Gasteiger partial charge >= 0.3 is 0 Å². The molecule has 3 heteroatoms. The van der Waals surface area contributed by atoms with Crippen molar-refractivity contribution >= 4 is 0 Å². The molecule has 0 fully saturated rings. The Kier molecular flexibility index (Phi) is 4.12. The Bertz CT molecular complexity index is 478. The summed E-state index contributed by atoms with van der Waals surface area (Å²) >= 11 is 0. The molecule has 0 heterocycles. The smallest absolute Gasteiger partial charge is 0.119 e. The molecule has 88 valence electrons. The number of hydrogen-bond acceptors (Lipinski definition) is 3. The Labute approximate surface area is 102 Å². The number of methoxy groups -OCH3 is 1. The molecule has 0 atom stereocenters. The summed E-state index contributed by atoms with van der Waals surface area (Å²) in [5, 5.41) is 17.7. The molecule has 17 heavy (non-hydrogen) atoms. The van der Waals surface area contributed by atoms with Gasteiger partial charge in [0.15, 0.2) is 0 Å². The van der Waals surface area contributed by atoms with Crippen molar-refractivity contribution in [2.45, 2.75) is 32.1 Å². The largest absolute Gasteiger partial charge is 0.497 e. The van der Waals surface area contributed by atoms with Crippen molar-refractivity contribution in [3.8, 4) is 17.9 Å². The molecule has 0 aromatic heterocycles. The second-order valence-corrected chi connectivity index (χ2v) is 4.58. The highest BCUT2D eigenvalue weighted by atomic mass is 16.5. The first kappa shape index (κ1) is 13.1. The summed E-state index contributed by atoms with van der Waals surface area (Å²) < 4.78 is 5.20. The maximum absolute atomic E-state index is 8.86. The molecule has 0 amide bonds. The third kappa shape index (κ3) is 2.98. The van der Waals surface area contributed by atoms with Crippen molar-refractivity contribution in [1.82, 2.24) is 0 Å². The predicted octanol–water partition coefficient (Wildman–Crippen LogP) is 2.95. The van der Waals surface area contributed by atoms with Crippen LogP contribution >= 0.6 is 0 Å². The van der Waals surface area contributed by atoms with Crippen molar-refractivity contribution in [3.63, 3.8) is 0 Å². The van der Waals surface area contributed by atoms with Crippen LogP contribution in [0.2, 0.25) is 0 Å². The van der Waals surface area contributed by atoms with Gasteiger partial charge in [-0.05, 0) is 23.3 Å². The molecule has 0 N–H and O–H groups in total. The Morgan fingerprint density at radius 1 is 1.24 bits per heavy atom. The van der Waals surface area contributed by atoms with E-state index in [0.29, 0.717) is 12.8 Å². The normalized spacial score (nSPS) is 10.4. The standard InChI is InChI=1S/C14H16N2O/c1-14(2,7-9-16)13-10-12(17-3)5-4-11(13)6-8-15/h4-5,10H,6-7H2,1-3H3. The van der Waals surface area contributed by atoms with Crippen molar-refractivity contribution in [3.05, 3.63) is 29.3 Å². The maximum atomic E-state index is 8.86. The van der Waals surface area contributed by atoms with Gasteiger partial charge in [0.2, 0.25) is 0 Å². The second-order valence-electron chi connectivity index (χ2n) is 4.58. The van der Waals surface area contributed by atoms with E-state index >= 15 is 0 Å². The zero-order valence-corrected chi connectivity index (χ0v) is 10.4. The summed E-state index contributed by atoms with van der Waals surface area (Å²) in [5.41, 5.74) is 1.71. The molecule has 0 unspecified atom stereocenters. The summed E-state index contributed by atoms with van der Waals surface area (Å²) in [5.74, 6) is 0.757. The average Bonchev–Trinajstić information content (AvgIpc) is 2.29. The first-order chi connectivity index (χ1) is 8.05. The fourth-order valence-corrected chi connectivity index (χ4v) is 1.84. The van der Waals surface area contributed by atoms with Gasteiger partial charge in [0.25, 0.3) is 0 Å². The molecule has 0 bridgehead atoms. The van der Waals surface area contributed by atoms with Crippen molar-refractivity contribution in [1.29, 1.82) is 10.5 Å². The minimum atomic E-state index is -0.268. The molecule has 0 aliphatic rings. The lowest BCUT2D eigenvalue weighted by Gasteiger charge is -2.25. The Balaban J connectivity index is 3.27.